The Labute approximate surface area is 148 Å². The average Bonchev–Trinajstić information content (AvgIpc) is 3.04. The van der Waals surface area contributed by atoms with Gasteiger partial charge in [-0.15, -0.1) is 10.2 Å². The zero-order chi connectivity index (χ0) is 16.8. The molecule has 1 unspecified atom stereocenters. The number of hydrogen-bond donors (Lipinski definition) is 1. The van der Waals surface area contributed by atoms with Crippen LogP contribution in [0, 0.1) is 11.3 Å². The minimum Gasteiger partial charge on any atom is -0.457 e. The highest BCUT2D eigenvalue weighted by Crippen LogP contribution is 2.30. The quantitative estimate of drug-likeness (QED) is 0.623. The summed E-state index contributed by atoms with van der Waals surface area (Å²) in [7, 11) is 0. The van der Waals surface area contributed by atoms with Gasteiger partial charge in [0.05, 0.1) is 11.3 Å². The molecule has 24 heavy (non-hydrogen) atoms. The maximum absolute atomic E-state index is 8.83. The summed E-state index contributed by atoms with van der Waals surface area (Å²) in [6.07, 6.45) is 0. The first-order valence-electron chi connectivity index (χ1n) is 7.23. The van der Waals surface area contributed by atoms with Gasteiger partial charge >= 0.3 is 0 Å². The summed E-state index contributed by atoms with van der Waals surface area (Å²) in [5.74, 6) is 1.57. The lowest BCUT2D eigenvalue weighted by atomic mass is 10.3. The minimum atomic E-state index is -0.139. The zero-order valence-electron chi connectivity index (χ0n) is 12.8. The molecule has 0 saturated carbocycles. The van der Waals surface area contributed by atoms with Crippen LogP contribution in [0.25, 0.3) is 0 Å². The van der Waals surface area contributed by atoms with Crippen molar-refractivity contribution in [2.45, 2.75) is 16.5 Å². The third-order valence-electron chi connectivity index (χ3n) is 2.95. The van der Waals surface area contributed by atoms with Gasteiger partial charge < -0.3 is 10.1 Å². The van der Waals surface area contributed by atoms with E-state index in [0.717, 1.165) is 21.5 Å². The first kappa shape index (κ1) is 16.3. The Bertz CT molecular complexity index is 828. The van der Waals surface area contributed by atoms with Crippen molar-refractivity contribution in [1.82, 2.24) is 10.2 Å². The number of benzene rings is 2. The van der Waals surface area contributed by atoms with Crippen LogP contribution in [0.15, 0.2) is 58.9 Å². The van der Waals surface area contributed by atoms with E-state index >= 15 is 0 Å². The highest BCUT2D eigenvalue weighted by Gasteiger charge is 2.09. The fraction of sp³-hybridized carbons (Fsp3) is 0.118. The lowest BCUT2D eigenvalue weighted by molar-refractivity contribution is 0.483. The molecular weight excluding hydrogens is 340 g/mol. The van der Waals surface area contributed by atoms with Crippen LogP contribution in [0.3, 0.4) is 0 Å². The fourth-order valence-electron chi connectivity index (χ4n) is 1.84. The van der Waals surface area contributed by atoms with Crippen LogP contribution < -0.4 is 10.1 Å². The summed E-state index contributed by atoms with van der Waals surface area (Å²) in [5.41, 5.74) is 0.899. The predicted octanol–water partition coefficient (Wildman–Crippen LogP) is 5.08. The van der Waals surface area contributed by atoms with E-state index in [4.69, 9.17) is 10.00 Å². The number of aromatic nitrogens is 2. The van der Waals surface area contributed by atoms with Gasteiger partial charge in [-0.3, -0.25) is 0 Å². The Morgan fingerprint density at radius 2 is 1.79 bits per heavy atom. The van der Waals surface area contributed by atoms with Crippen molar-refractivity contribution in [3.8, 4) is 17.6 Å². The number of para-hydroxylation sites is 1. The maximum atomic E-state index is 8.83. The Morgan fingerprint density at radius 3 is 2.50 bits per heavy atom. The Hall–Kier alpha value is -2.56. The van der Waals surface area contributed by atoms with Crippen LogP contribution in [0.2, 0.25) is 0 Å². The zero-order valence-corrected chi connectivity index (χ0v) is 14.5. The number of thioether (sulfide) groups is 1. The molecule has 0 aliphatic heterocycles. The molecule has 0 aliphatic carbocycles. The number of hydrogen-bond acceptors (Lipinski definition) is 7. The molecule has 3 aromatic rings. The van der Waals surface area contributed by atoms with Crippen molar-refractivity contribution >= 4 is 33.9 Å². The highest BCUT2D eigenvalue weighted by atomic mass is 32.2. The number of nitriles is 1. The molecule has 7 heteroatoms. The van der Waals surface area contributed by atoms with E-state index in [1.165, 1.54) is 23.1 Å². The van der Waals surface area contributed by atoms with E-state index in [1.54, 1.807) is 0 Å². The van der Waals surface area contributed by atoms with Gasteiger partial charge in [-0.05, 0) is 43.3 Å². The molecule has 0 spiro atoms. The molecule has 1 heterocycles. The Morgan fingerprint density at radius 1 is 1.08 bits per heavy atom. The van der Waals surface area contributed by atoms with Gasteiger partial charge in [0.2, 0.25) is 5.13 Å². The first-order chi connectivity index (χ1) is 11.7. The molecule has 120 valence electrons. The van der Waals surface area contributed by atoms with E-state index < -0.39 is 0 Å². The van der Waals surface area contributed by atoms with Crippen molar-refractivity contribution in [3.63, 3.8) is 0 Å². The van der Waals surface area contributed by atoms with Crippen molar-refractivity contribution in [1.29, 1.82) is 5.26 Å². The summed E-state index contributed by atoms with van der Waals surface area (Å²) in [6, 6.07) is 19.4. The molecule has 1 N–H and O–H groups in total. The third kappa shape index (κ3) is 4.47. The van der Waals surface area contributed by atoms with Gasteiger partial charge in [-0.25, -0.2) is 0 Å². The minimum absolute atomic E-state index is 0.139. The number of rotatable bonds is 6. The molecular formula is C17H14N4OS2. The third-order valence-corrected chi connectivity index (χ3v) is 4.86. The smallest absolute Gasteiger partial charge is 0.210 e. The fourth-order valence-corrected chi connectivity index (χ4v) is 3.64. The maximum Gasteiger partial charge on any atom is 0.210 e. The molecule has 0 amide bonds. The largest absolute Gasteiger partial charge is 0.457 e. The second-order valence-electron chi connectivity index (χ2n) is 4.83. The predicted molar refractivity (Wildman–Crippen MR) is 97.1 cm³/mol. The van der Waals surface area contributed by atoms with E-state index in [-0.39, 0.29) is 5.25 Å². The summed E-state index contributed by atoms with van der Waals surface area (Å²) >= 11 is 2.83. The van der Waals surface area contributed by atoms with Crippen LogP contribution in [-0.4, -0.2) is 15.4 Å². The Balaban J connectivity index is 1.61. The second kappa shape index (κ2) is 7.81. The van der Waals surface area contributed by atoms with Gasteiger partial charge in [0.15, 0.2) is 4.34 Å². The number of nitrogens with zero attached hydrogens (tertiary/aromatic N) is 3. The topological polar surface area (TPSA) is 70.8 Å². The first-order valence-corrected chi connectivity index (χ1v) is 8.92. The van der Waals surface area contributed by atoms with E-state index in [1.807, 2.05) is 61.5 Å². The molecule has 5 nitrogen and oxygen atoms in total. The number of nitrogens with one attached hydrogen (secondary N) is 1. The molecule has 2 aromatic carbocycles. The van der Waals surface area contributed by atoms with E-state index in [9.17, 15) is 0 Å². The van der Waals surface area contributed by atoms with Gasteiger partial charge in [0.1, 0.15) is 11.5 Å². The van der Waals surface area contributed by atoms with Gasteiger partial charge in [0.25, 0.3) is 0 Å². The van der Waals surface area contributed by atoms with Crippen LogP contribution in [0.1, 0.15) is 6.92 Å². The SMILES string of the molecule is CC(C#N)Sc1nnc(Nc2ccc(Oc3ccccc3)cc2)s1. The van der Waals surface area contributed by atoms with Crippen molar-refractivity contribution in [2.24, 2.45) is 0 Å². The summed E-state index contributed by atoms with van der Waals surface area (Å²) in [4.78, 5) is 0. The Kier molecular flexibility index (Phi) is 5.31. The molecule has 0 fully saturated rings. The van der Waals surface area contributed by atoms with E-state index in [0.29, 0.717) is 5.13 Å². The van der Waals surface area contributed by atoms with E-state index in [2.05, 4.69) is 21.6 Å². The van der Waals surface area contributed by atoms with Gasteiger partial charge in [-0.2, -0.15) is 5.26 Å². The van der Waals surface area contributed by atoms with Crippen molar-refractivity contribution < 1.29 is 4.74 Å². The van der Waals surface area contributed by atoms with Crippen LogP contribution in [-0.2, 0) is 0 Å². The summed E-state index contributed by atoms with van der Waals surface area (Å²) in [5, 5.41) is 20.7. The normalized spacial score (nSPS) is 11.5. The standard InChI is InChI=1S/C17H14N4OS2/c1-12(11-18)23-17-21-20-16(24-17)19-13-7-9-15(10-8-13)22-14-5-3-2-4-6-14/h2-10,12H,1H3,(H,19,20). The lowest BCUT2D eigenvalue weighted by Crippen LogP contribution is -1.90. The van der Waals surface area contributed by atoms with Crippen molar-refractivity contribution in [3.05, 3.63) is 54.6 Å². The molecule has 1 atom stereocenters. The molecule has 0 radical (unpaired) electrons. The molecule has 0 saturated heterocycles. The number of anilines is 2. The highest BCUT2D eigenvalue weighted by molar-refractivity contribution is 8.01. The van der Waals surface area contributed by atoms with Gasteiger partial charge in [0, 0.05) is 5.69 Å². The number of ether oxygens (including phenoxy) is 1. The van der Waals surface area contributed by atoms with Crippen molar-refractivity contribution in [2.75, 3.05) is 5.32 Å². The molecule has 0 aliphatic rings. The average molecular weight is 354 g/mol. The molecule has 3 rings (SSSR count). The van der Waals surface area contributed by atoms with Gasteiger partial charge in [-0.1, -0.05) is 41.3 Å². The second-order valence-corrected chi connectivity index (χ2v) is 7.39. The van der Waals surface area contributed by atoms with Crippen LogP contribution in [0.4, 0.5) is 10.8 Å². The summed E-state index contributed by atoms with van der Waals surface area (Å²) in [6.45, 7) is 1.84. The lowest BCUT2D eigenvalue weighted by Gasteiger charge is -2.06. The molecule has 0 bridgehead atoms. The van der Waals surface area contributed by atoms with Crippen LogP contribution >= 0.6 is 23.1 Å². The molecule has 1 aromatic heterocycles. The van der Waals surface area contributed by atoms with Crippen LogP contribution in [0.5, 0.6) is 11.5 Å². The monoisotopic (exact) mass is 354 g/mol. The summed E-state index contributed by atoms with van der Waals surface area (Å²) < 4.78 is 6.53.